The number of Topliss-reactive ketones (excluding diaryl/α,β-unsaturated/α-hetero) is 1. The first-order valence-corrected chi connectivity index (χ1v) is 6.62. The lowest BCUT2D eigenvalue weighted by molar-refractivity contribution is 0.0990. The SMILES string of the molecule is CC(C)c1ccccc1CC(=O)c1ccc(O)cc1O. The smallest absolute Gasteiger partial charge is 0.170 e. The van der Waals surface area contributed by atoms with Crippen molar-refractivity contribution in [1.82, 2.24) is 0 Å². The van der Waals surface area contributed by atoms with Gasteiger partial charge in [0.1, 0.15) is 11.5 Å². The molecule has 0 radical (unpaired) electrons. The molecule has 0 aliphatic rings. The largest absolute Gasteiger partial charge is 0.508 e. The van der Waals surface area contributed by atoms with Crippen LogP contribution in [0.25, 0.3) is 0 Å². The van der Waals surface area contributed by atoms with E-state index in [4.69, 9.17) is 0 Å². The second kappa shape index (κ2) is 5.78. The topological polar surface area (TPSA) is 57.5 Å². The predicted octanol–water partition coefficient (Wildman–Crippen LogP) is 3.65. The number of phenols is 2. The Labute approximate surface area is 118 Å². The average Bonchev–Trinajstić information content (AvgIpc) is 2.38. The van der Waals surface area contributed by atoms with Gasteiger partial charge < -0.3 is 10.2 Å². The van der Waals surface area contributed by atoms with Gasteiger partial charge in [-0.05, 0) is 29.2 Å². The van der Waals surface area contributed by atoms with Gasteiger partial charge in [0.15, 0.2) is 5.78 Å². The van der Waals surface area contributed by atoms with Crippen LogP contribution in [-0.2, 0) is 6.42 Å². The molecule has 20 heavy (non-hydrogen) atoms. The lowest BCUT2D eigenvalue weighted by atomic mass is 9.92. The number of rotatable bonds is 4. The highest BCUT2D eigenvalue weighted by Gasteiger charge is 2.15. The van der Waals surface area contributed by atoms with Gasteiger partial charge in [0.05, 0.1) is 5.56 Å². The van der Waals surface area contributed by atoms with Crippen LogP contribution in [0.5, 0.6) is 11.5 Å². The number of carbonyl (C=O) groups is 1. The molecular weight excluding hydrogens is 252 g/mol. The average molecular weight is 270 g/mol. The maximum absolute atomic E-state index is 12.3. The summed E-state index contributed by atoms with van der Waals surface area (Å²) in [7, 11) is 0. The van der Waals surface area contributed by atoms with Crippen molar-refractivity contribution < 1.29 is 15.0 Å². The van der Waals surface area contributed by atoms with Crippen LogP contribution in [0.4, 0.5) is 0 Å². The molecule has 0 saturated carbocycles. The van der Waals surface area contributed by atoms with Gasteiger partial charge in [-0.2, -0.15) is 0 Å². The number of aromatic hydroxyl groups is 2. The molecule has 2 rings (SSSR count). The number of hydrogen-bond acceptors (Lipinski definition) is 3. The lowest BCUT2D eigenvalue weighted by Crippen LogP contribution is -2.07. The van der Waals surface area contributed by atoms with Gasteiger partial charge in [-0.3, -0.25) is 4.79 Å². The van der Waals surface area contributed by atoms with Gasteiger partial charge in [0, 0.05) is 12.5 Å². The lowest BCUT2D eigenvalue weighted by Gasteiger charge is -2.12. The van der Waals surface area contributed by atoms with Gasteiger partial charge in [0.25, 0.3) is 0 Å². The summed E-state index contributed by atoms with van der Waals surface area (Å²) >= 11 is 0. The molecule has 3 heteroatoms. The van der Waals surface area contributed by atoms with Crippen molar-refractivity contribution in [3.05, 3.63) is 59.2 Å². The maximum atomic E-state index is 12.3. The van der Waals surface area contributed by atoms with Crippen molar-refractivity contribution in [1.29, 1.82) is 0 Å². The summed E-state index contributed by atoms with van der Waals surface area (Å²) in [6.07, 6.45) is 0.243. The van der Waals surface area contributed by atoms with E-state index in [9.17, 15) is 15.0 Å². The van der Waals surface area contributed by atoms with Crippen molar-refractivity contribution in [2.24, 2.45) is 0 Å². The zero-order chi connectivity index (χ0) is 14.7. The third-order valence-electron chi connectivity index (χ3n) is 3.31. The Bertz CT molecular complexity index is 630. The third-order valence-corrected chi connectivity index (χ3v) is 3.31. The van der Waals surface area contributed by atoms with Crippen molar-refractivity contribution >= 4 is 5.78 Å². The molecule has 0 aromatic heterocycles. The van der Waals surface area contributed by atoms with Gasteiger partial charge >= 0.3 is 0 Å². The highest BCUT2D eigenvalue weighted by molar-refractivity contribution is 6.00. The molecule has 104 valence electrons. The van der Waals surface area contributed by atoms with E-state index in [2.05, 4.69) is 13.8 Å². The Morgan fingerprint density at radius 1 is 1.10 bits per heavy atom. The van der Waals surface area contributed by atoms with Crippen molar-refractivity contribution in [2.45, 2.75) is 26.2 Å². The Balaban J connectivity index is 2.28. The molecule has 0 saturated heterocycles. The summed E-state index contributed by atoms with van der Waals surface area (Å²) in [4.78, 5) is 12.3. The first-order valence-electron chi connectivity index (χ1n) is 6.62. The van der Waals surface area contributed by atoms with E-state index in [0.29, 0.717) is 5.92 Å². The molecule has 0 unspecified atom stereocenters. The second-order valence-corrected chi connectivity index (χ2v) is 5.15. The molecule has 3 nitrogen and oxygen atoms in total. The van der Waals surface area contributed by atoms with Crippen LogP contribution in [0.3, 0.4) is 0 Å². The molecule has 2 N–H and O–H groups in total. The molecule has 0 aliphatic heterocycles. The fourth-order valence-corrected chi connectivity index (χ4v) is 2.28. The van der Waals surface area contributed by atoms with Gasteiger partial charge in [-0.1, -0.05) is 38.1 Å². The highest BCUT2D eigenvalue weighted by atomic mass is 16.3. The molecule has 0 atom stereocenters. The quantitative estimate of drug-likeness (QED) is 0.834. The summed E-state index contributed by atoms with van der Waals surface area (Å²) in [5, 5.41) is 19.0. The van der Waals surface area contributed by atoms with E-state index in [0.717, 1.165) is 11.1 Å². The molecular formula is C17H18O3. The monoisotopic (exact) mass is 270 g/mol. The number of phenolic OH excluding ortho intramolecular Hbond substituents is 2. The first-order chi connectivity index (χ1) is 9.49. The van der Waals surface area contributed by atoms with E-state index in [1.807, 2.05) is 24.3 Å². The molecule has 0 spiro atoms. The zero-order valence-electron chi connectivity index (χ0n) is 11.6. The van der Waals surface area contributed by atoms with Crippen LogP contribution in [0, 0.1) is 0 Å². The first kappa shape index (κ1) is 14.1. The zero-order valence-corrected chi connectivity index (χ0v) is 11.6. The van der Waals surface area contributed by atoms with E-state index < -0.39 is 0 Å². The van der Waals surface area contributed by atoms with Crippen LogP contribution < -0.4 is 0 Å². The Hall–Kier alpha value is -2.29. The molecule has 0 aliphatic carbocycles. The summed E-state index contributed by atoms with van der Waals surface area (Å²) in [6.45, 7) is 4.17. The summed E-state index contributed by atoms with van der Waals surface area (Å²) in [5.74, 6) is -0.0540. The normalized spacial score (nSPS) is 10.8. The van der Waals surface area contributed by atoms with E-state index in [-0.39, 0.29) is 29.3 Å². The Kier molecular flexibility index (Phi) is 4.08. The van der Waals surface area contributed by atoms with E-state index in [1.54, 1.807) is 0 Å². The van der Waals surface area contributed by atoms with Crippen LogP contribution >= 0.6 is 0 Å². The molecule has 0 heterocycles. The van der Waals surface area contributed by atoms with Crippen molar-refractivity contribution in [3.63, 3.8) is 0 Å². The summed E-state index contributed by atoms with van der Waals surface area (Å²) in [6, 6.07) is 11.9. The fourth-order valence-electron chi connectivity index (χ4n) is 2.28. The molecule has 2 aromatic rings. The number of carbonyl (C=O) groups excluding carboxylic acids is 1. The van der Waals surface area contributed by atoms with E-state index in [1.165, 1.54) is 18.2 Å². The minimum atomic E-state index is -0.183. The van der Waals surface area contributed by atoms with Crippen LogP contribution in [0.2, 0.25) is 0 Å². The fraction of sp³-hybridized carbons (Fsp3) is 0.235. The van der Waals surface area contributed by atoms with E-state index >= 15 is 0 Å². The second-order valence-electron chi connectivity index (χ2n) is 5.15. The molecule has 2 aromatic carbocycles. The number of hydrogen-bond donors (Lipinski definition) is 2. The Morgan fingerprint density at radius 3 is 2.45 bits per heavy atom. The van der Waals surface area contributed by atoms with Gasteiger partial charge in [-0.15, -0.1) is 0 Å². The molecule has 0 bridgehead atoms. The molecule has 0 amide bonds. The van der Waals surface area contributed by atoms with Crippen molar-refractivity contribution in [2.75, 3.05) is 0 Å². The van der Waals surface area contributed by atoms with Gasteiger partial charge in [-0.25, -0.2) is 0 Å². The minimum absolute atomic E-state index is 0.0540. The third kappa shape index (κ3) is 2.99. The van der Waals surface area contributed by atoms with Crippen LogP contribution in [-0.4, -0.2) is 16.0 Å². The summed E-state index contributed by atoms with van der Waals surface area (Å²) in [5.41, 5.74) is 2.35. The van der Waals surface area contributed by atoms with Gasteiger partial charge in [0.2, 0.25) is 0 Å². The van der Waals surface area contributed by atoms with Crippen LogP contribution in [0.15, 0.2) is 42.5 Å². The Morgan fingerprint density at radius 2 is 1.80 bits per heavy atom. The maximum Gasteiger partial charge on any atom is 0.170 e. The number of ketones is 1. The van der Waals surface area contributed by atoms with Crippen LogP contribution in [0.1, 0.15) is 41.3 Å². The predicted molar refractivity (Wildman–Crippen MR) is 78.3 cm³/mol. The minimum Gasteiger partial charge on any atom is -0.508 e. The number of benzene rings is 2. The summed E-state index contributed by atoms with van der Waals surface area (Å²) < 4.78 is 0. The van der Waals surface area contributed by atoms with Crippen molar-refractivity contribution in [3.8, 4) is 11.5 Å². The standard InChI is InChI=1S/C17H18O3/c1-11(2)14-6-4-3-5-12(14)9-16(19)15-8-7-13(18)10-17(15)20/h3-8,10-11,18,20H,9H2,1-2H3. The highest BCUT2D eigenvalue weighted by Crippen LogP contribution is 2.26. The molecule has 0 fully saturated rings.